The van der Waals surface area contributed by atoms with Gasteiger partial charge in [0.15, 0.2) is 9.84 Å². The van der Waals surface area contributed by atoms with Gasteiger partial charge in [-0.25, -0.2) is 8.42 Å². The molecule has 0 aliphatic carbocycles. The van der Waals surface area contributed by atoms with Gasteiger partial charge in [0.1, 0.15) is 0 Å². The van der Waals surface area contributed by atoms with Crippen LogP contribution >= 0.6 is 15.9 Å². The third-order valence-corrected chi connectivity index (χ3v) is 4.44. The van der Waals surface area contributed by atoms with E-state index in [0.29, 0.717) is 4.90 Å². The summed E-state index contributed by atoms with van der Waals surface area (Å²) in [6, 6.07) is 7.47. The molecule has 3 nitrogen and oxygen atoms in total. The Morgan fingerprint density at radius 1 is 1.28 bits per heavy atom. The quantitative estimate of drug-likeness (QED) is 0.750. The summed E-state index contributed by atoms with van der Waals surface area (Å²) >= 11 is 3.41. The molecule has 0 spiro atoms. The van der Waals surface area contributed by atoms with Crippen LogP contribution in [0.4, 0.5) is 5.69 Å². The van der Waals surface area contributed by atoms with Crippen molar-refractivity contribution in [3.8, 4) is 0 Å². The van der Waals surface area contributed by atoms with E-state index in [1.807, 2.05) is 12.1 Å². The third-order valence-electron chi connectivity index (χ3n) is 2.73. The number of para-hydroxylation sites is 1. The summed E-state index contributed by atoms with van der Waals surface area (Å²) in [5.74, 6) is 0. The lowest BCUT2D eigenvalue weighted by atomic mass is 10.2. The number of sulfone groups is 1. The average Bonchev–Trinajstić information content (AvgIpc) is 2.28. The van der Waals surface area contributed by atoms with Gasteiger partial charge >= 0.3 is 0 Å². The molecule has 0 N–H and O–H groups in total. The molecule has 0 saturated heterocycles. The highest BCUT2D eigenvalue weighted by molar-refractivity contribution is 9.09. The van der Waals surface area contributed by atoms with Gasteiger partial charge in [-0.2, -0.15) is 0 Å². The highest BCUT2D eigenvalue weighted by Crippen LogP contribution is 2.26. The predicted octanol–water partition coefficient (Wildman–Crippen LogP) is 3.09. The van der Waals surface area contributed by atoms with E-state index in [1.165, 1.54) is 6.26 Å². The second-order valence-electron chi connectivity index (χ2n) is 4.57. The summed E-state index contributed by atoms with van der Waals surface area (Å²) in [5, 5.41) is 0.914. The summed E-state index contributed by atoms with van der Waals surface area (Å²) in [4.78, 5) is 2.55. The van der Waals surface area contributed by atoms with Crippen LogP contribution in [-0.2, 0) is 9.84 Å². The lowest BCUT2D eigenvalue weighted by Gasteiger charge is -2.30. The second-order valence-corrected chi connectivity index (χ2v) is 7.35. The standard InChI is InChI=1S/C13H20BrNO2S/c1-11(2)15(10-6-9-14)12-7-4-5-8-13(12)18(3,16)17/h4-5,7-8,11H,6,9-10H2,1-3H3. The van der Waals surface area contributed by atoms with Gasteiger partial charge < -0.3 is 4.90 Å². The number of alkyl halides is 1. The van der Waals surface area contributed by atoms with E-state index >= 15 is 0 Å². The van der Waals surface area contributed by atoms with Gasteiger partial charge in [-0.1, -0.05) is 28.1 Å². The minimum Gasteiger partial charge on any atom is -0.368 e. The fourth-order valence-electron chi connectivity index (χ4n) is 1.89. The molecule has 0 heterocycles. The van der Waals surface area contributed by atoms with Crippen molar-refractivity contribution in [1.82, 2.24) is 0 Å². The Balaban J connectivity index is 3.20. The van der Waals surface area contributed by atoms with Crippen molar-refractivity contribution in [2.45, 2.75) is 31.2 Å². The maximum absolute atomic E-state index is 11.8. The van der Waals surface area contributed by atoms with E-state index in [0.717, 1.165) is 24.0 Å². The SMILES string of the molecule is CC(C)N(CCCBr)c1ccccc1S(C)(=O)=O. The number of rotatable bonds is 6. The van der Waals surface area contributed by atoms with Crippen molar-refractivity contribution in [2.75, 3.05) is 23.0 Å². The van der Waals surface area contributed by atoms with Gasteiger partial charge in [0.25, 0.3) is 0 Å². The van der Waals surface area contributed by atoms with Crippen molar-refractivity contribution in [3.05, 3.63) is 24.3 Å². The van der Waals surface area contributed by atoms with Gasteiger partial charge in [0.05, 0.1) is 10.6 Å². The molecule has 0 amide bonds. The minimum atomic E-state index is -3.19. The van der Waals surface area contributed by atoms with Crippen LogP contribution in [0.3, 0.4) is 0 Å². The predicted molar refractivity (Wildman–Crippen MR) is 80.4 cm³/mol. The third kappa shape index (κ3) is 3.99. The van der Waals surface area contributed by atoms with Crippen LogP contribution in [-0.4, -0.2) is 32.6 Å². The fraction of sp³-hybridized carbons (Fsp3) is 0.538. The summed E-state index contributed by atoms with van der Waals surface area (Å²) in [6.45, 7) is 5.00. The van der Waals surface area contributed by atoms with E-state index in [-0.39, 0.29) is 6.04 Å². The van der Waals surface area contributed by atoms with Crippen LogP contribution in [0, 0.1) is 0 Å². The molecular formula is C13H20BrNO2S. The Labute approximate surface area is 118 Å². The zero-order valence-electron chi connectivity index (χ0n) is 11.1. The first-order valence-corrected chi connectivity index (χ1v) is 9.01. The minimum absolute atomic E-state index is 0.270. The van der Waals surface area contributed by atoms with Crippen LogP contribution in [0.15, 0.2) is 29.2 Å². The van der Waals surface area contributed by atoms with Gasteiger partial charge in [-0.15, -0.1) is 0 Å². The highest BCUT2D eigenvalue weighted by atomic mass is 79.9. The van der Waals surface area contributed by atoms with Crippen LogP contribution in [0.25, 0.3) is 0 Å². The molecule has 1 aromatic carbocycles. The molecule has 0 aliphatic heterocycles. The molecule has 0 unspecified atom stereocenters. The number of halogens is 1. The monoisotopic (exact) mass is 333 g/mol. The van der Waals surface area contributed by atoms with Crippen molar-refractivity contribution in [3.63, 3.8) is 0 Å². The summed E-state index contributed by atoms with van der Waals surface area (Å²) in [5.41, 5.74) is 0.802. The van der Waals surface area contributed by atoms with Gasteiger partial charge in [-0.3, -0.25) is 0 Å². The van der Waals surface area contributed by atoms with Crippen molar-refractivity contribution in [1.29, 1.82) is 0 Å². The molecule has 5 heteroatoms. The molecule has 102 valence electrons. The van der Waals surface area contributed by atoms with Crippen LogP contribution in [0.2, 0.25) is 0 Å². The Bertz CT molecular complexity index is 486. The molecule has 0 saturated carbocycles. The van der Waals surface area contributed by atoms with Gasteiger partial charge in [0, 0.05) is 24.2 Å². The van der Waals surface area contributed by atoms with Crippen LogP contribution in [0.1, 0.15) is 20.3 Å². The first-order chi connectivity index (χ1) is 8.38. The smallest absolute Gasteiger partial charge is 0.177 e. The number of anilines is 1. The molecule has 1 rings (SSSR count). The maximum atomic E-state index is 11.8. The normalized spacial score (nSPS) is 11.8. The van der Waals surface area contributed by atoms with Crippen molar-refractivity contribution >= 4 is 31.5 Å². The van der Waals surface area contributed by atoms with E-state index in [4.69, 9.17) is 0 Å². The molecular weight excluding hydrogens is 314 g/mol. The molecule has 0 aliphatic rings. The average molecular weight is 334 g/mol. The zero-order chi connectivity index (χ0) is 13.8. The molecule has 0 fully saturated rings. The van der Waals surface area contributed by atoms with Gasteiger partial charge in [-0.05, 0) is 32.4 Å². The zero-order valence-corrected chi connectivity index (χ0v) is 13.5. The molecule has 0 bridgehead atoms. The second kappa shape index (κ2) is 6.57. The van der Waals surface area contributed by atoms with E-state index in [9.17, 15) is 8.42 Å². The molecule has 0 aromatic heterocycles. The number of benzene rings is 1. The Kier molecular flexibility index (Phi) is 5.66. The van der Waals surface area contributed by atoms with Crippen LogP contribution in [0.5, 0.6) is 0 Å². The highest BCUT2D eigenvalue weighted by Gasteiger charge is 2.19. The van der Waals surface area contributed by atoms with Crippen molar-refractivity contribution in [2.24, 2.45) is 0 Å². The van der Waals surface area contributed by atoms with E-state index in [1.54, 1.807) is 12.1 Å². The largest absolute Gasteiger partial charge is 0.368 e. The summed E-state index contributed by atoms with van der Waals surface area (Å²) in [6.07, 6.45) is 2.24. The first kappa shape index (κ1) is 15.5. The molecule has 18 heavy (non-hydrogen) atoms. The number of nitrogens with zero attached hydrogens (tertiary/aromatic N) is 1. The van der Waals surface area contributed by atoms with Crippen molar-refractivity contribution < 1.29 is 8.42 Å². The van der Waals surface area contributed by atoms with Crippen LogP contribution < -0.4 is 4.90 Å². The van der Waals surface area contributed by atoms with Gasteiger partial charge in [0.2, 0.25) is 0 Å². The molecule has 0 radical (unpaired) electrons. The number of hydrogen-bond acceptors (Lipinski definition) is 3. The molecule has 0 atom stereocenters. The number of hydrogen-bond donors (Lipinski definition) is 0. The molecule has 1 aromatic rings. The maximum Gasteiger partial charge on any atom is 0.177 e. The first-order valence-electron chi connectivity index (χ1n) is 5.99. The summed E-state index contributed by atoms with van der Waals surface area (Å²) < 4.78 is 23.6. The van der Waals surface area contributed by atoms with E-state index in [2.05, 4.69) is 34.7 Å². The fourth-order valence-corrected chi connectivity index (χ4v) is 3.04. The topological polar surface area (TPSA) is 37.4 Å². The Morgan fingerprint density at radius 3 is 2.39 bits per heavy atom. The Hall–Kier alpha value is -0.550. The van der Waals surface area contributed by atoms with E-state index < -0.39 is 9.84 Å². The lowest BCUT2D eigenvalue weighted by molar-refractivity contribution is 0.599. The Morgan fingerprint density at radius 2 is 1.89 bits per heavy atom. The lowest BCUT2D eigenvalue weighted by Crippen LogP contribution is -2.33. The summed E-state index contributed by atoms with van der Waals surface area (Å²) in [7, 11) is -3.19.